The van der Waals surface area contributed by atoms with Crippen LogP contribution in [0.4, 0.5) is 0 Å². The zero-order valence-corrected chi connectivity index (χ0v) is 8.00. The molecule has 1 nitrogen and oxygen atoms in total. The van der Waals surface area contributed by atoms with Gasteiger partial charge in [-0.1, -0.05) is 24.8 Å². The molecule has 0 aromatic carbocycles. The minimum absolute atomic E-state index is 0.656. The molecule has 1 heteroatoms. The van der Waals surface area contributed by atoms with Gasteiger partial charge in [0.1, 0.15) is 5.76 Å². The molecule has 0 saturated carbocycles. The summed E-state index contributed by atoms with van der Waals surface area (Å²) in [4.78, 5) is 0. The van der Waals surface area contributed by atoms with Gasteiger partial charge in [0.25, 0.3) is 0 Å². The number of rotatable bonds is 4. The van der Waals surface area contributed by atoms with Gasteiger partial charge in [-0.05, 0) is 32.9 Å². The summed E-state index contributed by atoms with van der Waals surface area (Å²) in [5, 5.41) is 0. The number of hydrogen-bond acceptors (Lipinski definition) is 1. The first-order valence-corrected chi connectivity index (χ1v) is 3.99. The van der Waals surface area contributed by atoms with Crippen LogP contribution in [0.5, 0.6) is 0 Å². The van der Waals surface area contributed by atoms with E-state index in [1.54, 1.807) is 0 Å². The van der Waals surface area contributed by atoms with E-state index >= 15 is 0 Å². The van der Waals surface area contributed by atoms with Crippen LogP contribution in [-0.2, 0) is 4.74 Å². The lowest BCUT2D eigenvalue weighted by molar-refractivity contribution is 0.323. The van der Waals surface area contributed by atoms with Crippen molar-refractivity contribution in [1.82, 2.24) is 0 Å². The molecule has 0 unspecified atom stereocenters. The second kappa shape index (κ2) is 6.47. The monoisotopic (exact) mass is 164 g/mol. The molecule has 0 saturated heterocycles. The molecule has 0 radical (unpaired) electrons. The molecule has 0 aliphatic heterocycles. The lowest BCUT2D eigenvalue weighted by Crippen LogP contribution is -1.83. The van der Waals surface area contributed by atoms with Crippen molar-refractivity contribution in [3.63, 3.8) is 0 Å². The van der Waals surface area contributed by atoms with Crippen molar-refractivity contribution >= 4 is 0 Å². The van der Waals surface area contributed by atoms with Gasteiger partial charge >= 0.3 is 0 Å². The molecule has 0 aromatic heterocycles. The highest BCUT2D eigenvalue weighted by Gasteiger charge is 1.88. The maximum absolute atomic E-state index is 5.29. The van der Waals surface area contributed by atoms with Gasteiger partial charge in [-0.3, -0.25) is 0 Å². The number of allylic oxidation sites excluding steroid dienone is 6. The van der Waals surface area contributed by atoms with Gasteiger partial charge in [0.15, 0.2) is 0 Å². The Hall–Kier alpha value is -1.24. The van der Waals surface area contributed by atoms with Gasteiger partial charge in [0.05, 0.1) is 5.76 Å². The Kier molecular flexibility index (Phi) is 5.80. The molecule has 0 amide bonds. The molecule has 0 aromatic rings. The summed E-state index contributed by atoms with van der Waals surface area (Å²) in [5.41, 5.74) is 0. The molecule has 0 rings (SSSR count). The van der Waals surface area contributed by atoms with Crippen LogP contribution < -0.4 is 0 Å². The fourth-order valence-corrected chi connectivity index (χ4v) is 0.574. The van der Waals surface area contributed by atoms with Gasteiger partial charge < -0.3 is 4.74 Å². The van der Waals surface area contributed by atoms with Gasteiger partial charge in [-0.25, -0.2) is 0 Å². The van der Waals surface area contributed by atoms with Crippen molar-refractivity contribution in [3.8, 4) is 0 Å². The van der Waals surface area contributed by atoms with E-state index in [4.69, 9.17) is 4.74 Å². The van der Waals surface area contributed by atoms with Gasteiger partial charge in [0, 0.05) is 0 Å². The molecule has 0 fully saturated rings. The van der Waals surface area contributed by atoms with E-state index < -0.39 is 0 Å². The molecule has 12 heavy (non-hydrogen) atoms. The summed E-state index contributed by atoms with van der Waals surface area (Å²) in [6.07, 6.45) is 9.50. The minimum atomic E-state index is 0.656. The van der Waals surface area contributed by atoms with Crippen LogP contribution in [0.25, 0.3) is 0 Å². The third-order valence-electron chi connectivity index (χ3n) is 1.28. The van der Waals surface area contributed by atoms with Crippen LogP contribution >= 0.6 is 0 Å². The lowest BCUT2D eigenvalue weighted by Gasteiger charge is -2.02. The topological polar surface area (TPSA) is 9.23 Å². The Balaban J connectivity index is 3.90. The fraction of sp³-hybridized carbons (Fsp3) is 0.273. The maximum Gasteiger partial charge on any atom is 0.119 e. The number of hydrogen-bond donors (Lipinski definition) is 0. The number of ether oxygens (including phenoxy) is 1. The Morgan fingerprint density at radius 3 is 2.42 bits per heavy atom. The predicted molar refractivity (Wildman–Crippen MR) is 53.6 cm³/mol. The predicted octanol–water partition coefficient (Wildman–Crippen LogP) is 3.57. The average Bonchev–Trinajstić information content (AvgIpc) is 2.05. The summed E-state index contributed by atoms with van der Waals surface area (Å²) in [6, 6.07) is 0. The van der Waals surface area contributed by atoms with Crippen LogP contribution in [-0.4, -0.2) is 0 Å². The Bertz CT molecular complexity index is 219. The summed E-state index contributed by atoms with van der Waals surface area (Å²) in [7, 11) is 0. The average molecular weight is 164 g/mol. The van der Waals surface area contributed by atoms with Gasteiger partial charge in [0.2, 0.25) is 0 Å². The minimum Gasteiger partial charge on any atom is -0.463 e. The molecular weight excluding hydrogens is 148 g/mol. The van der Waals surface area contributed by atoms with E-state index in [2.05, 4.69) is 6.58 Å². The highest BCUT2D eigenvalue weighted by Crippen LogP contribution is 2.04. The first-order chi connectivity index (χ1) is 5.70. The third-order valence-corrected chi connectivity index (χ3v) is 1.28. The van der Waals surface area contributed by atoms with Crippen LogP contribution in [0, 0.1) is 0 Å². The van der Waals surface area contributed by atoms with Crippen molar-refractivity contribution < 1.29 is 4.74 Å². The van der Waals surface area contributed by atoms with Crippen LogP contribution in [0.15, 0.2) is 48.5 Å². The standard InChI is InChI=1S/C11H16O/c1-5-7-8-9-11(4)12-10(3)6-2/h5-9H,4H2,1-3H3/b7-5-,9-8-,10-6+. The molecule has 0 aliphatic carbocycles. The fourth-order valence-electron chi connectivity index (χ4n) is 0.574. The zero-order valence-electron chi connectivity index (χ0n) is 8.00. The van der Waals surface area contributed by atoms with E-state index in [1.807, 2.05) is 51.2 Å². The lowest BCUT2D eigenvalue weighted by atomic mass is 10.4. The normalized spacial score (nSPS) is 12.8. The second-order valence-electron chi connectivity index (χ2n) is 2.35. The Morgan fingerprint density at radius 1 is 1.25 bits per heavy atom. The maximum atomic E-state index is 5.29. The molecule has 0 heterocycles. The first kappa shape index (κ1) is 10.8. The highest BCUT2D eigenvalue weighted by atomic mass is 16.5. The smallest absolute Gasteiger partial charge is 0.119 e. The van der Waals surface area contributed by atoms with Crippen LogP contribution in [0.3, 0.4) is 0 Å². The zero-order chi connectivity index (χ0) is 9.40. The first-order valence-electron chi connectivity index (χ1n) is 3.99. The quantitative estimate of drug-likeness (QED) is 0.456. The highest BCUT2D eigenvalue weighted by molar-refractivity contribution is 5.15. The van der Waals surface area contributed by atoms with Crippen molar-refractivity contribution in [1.29, 1.82) is 0 Å². The van der Waals surface area contributed by atoms with Crippen molar-refractivity contribution in [2.45, 2.75) is 20.8 Å². The molecule has 0 bridgehead atoms. The van der Waals surface area contributed by atoms with Crippen LogP contribution in [0.2, 0.25) is 0 Å². The van der Waals surface area contributed by atoms with Crippen molar-refractivity contribution in [2.24, 2.45) is 0 Å². The molecule has 0 spiro atoms. The largest absolute Gasteiger partial charge is 0.463 e. The second-order valence-corrected chi connectivity index (χ2v) is 2.35. The van der Waals surface area contributed by atoms with Gasteiger partial charge in [-0.15, -0.1) is 0 Å². The molecule has 0 N–H and O–H groups in total. The van der Waals surface area contributed by atoms with Crippen molar-refractivity contribution in [3.05, 3.63) is 48.5 Å². The van der Waals surface area contributed by atoms with Gasteiger partial charge in [-0.2, -0.15) is 0 Å². The molecule has 66 valence electrons. The summed E-state index contributed by atoms with van der Waals surface area (Å²) < 4.78 is 5.29. The van der Waals surface area contributed by atoms with E-state index in [0.29, 0.717) is 5.76 Å². The Morgan fingerprint density at radius 2 is 1.92 bits per heavy atom. The van der Waals surface area contributed by atoms with Crippen molar-refractivity contribution in [2.75, 3.05) is 0 Å². The molecule has 0 aliphatic rings. The molecule has 0 atom stereocenters. The SMILES string of the molecule is C=C(/C=C\C=C/C)O/C(C)=C/C. The summed E-state index contributed by atoms with van der Waals surface area (Å²) in [5.74, 6) is 1.52. The molecular formula is C11H16O. The van der Waals surface area contributed by atoms with E-state index in [9.17, 15) is 0 Å². The summed E-state index contributed by atoms with van der Waals surface area (Å²) >= 11 is 0. The van der Waals surface area contributed by atoms with E-state index in [1.165, 1.54) is 0 Å². The Labute approximate surface area is 74.7 Å². The van der Waals surface area contributed by atoms with Crippen LogP contribution in [0.1, 0.15) is 20.8 Å². The summed E-state index contributed by atoms with van der Waals surface area (Å²) in [6.45, 7) is 9.52. The van der Waals surface area contributed by atoms with E-state index in [-0.39, 0.29) is 0 Å². The third kappa shape index (κ3) is 5.54. The van der Waals surface area contributed by atoms with E-state index in [0.717, 1.165) is 5.76 Å².